The molecule has 0 fully saturated rings. The highest BCUT2D eigenvalue weighted by atomic mass is 35.5. The van der Waals surface area contributed by atoms with E-state index in [4.69, 9.17) is 11.6 Å². The highest BCUT2D eigenvalue weighted by Gasteiger charge is 2.10. The summed E-state index contributed by atoms with van der Waals surface area (Å²) in [5.41, 5.74) is 2.09. The van der Waals surface area contributed by atoms with Crippen LogP contribution in [0.5, 0.6) is 0 Å². The first-order chi connectivity index (χ1) is 11.7. The highest BCUT2D eigenvalue weighted by Crippen LogP contribution is 2.16. The molecule has 0 spiro atoms. The molecular formula is C19H24ClN3O. The molecule has 0 bridgehead atoms. The van der Waals surface area contributed by atoms with Gasteiger partial charge < -0.3 is 15.7 Å². The molecule has 0 aliphatic rings. The van der Waals surface area contributed by atoms with Crippen LogP contribution in [-0.4, -0.2) is 30.8 Å². The average Bonchev–Trinajstić information content (AvgIpc) is 2.62. The second-order valence-electron chi connectivity index (χ2n) is 5.46. The van der Waals surface area contributed by atoms with Crippen LogP contribution in [0.4, 0.5) is 0 Å². The van der Waals surface area contributed by atoms with E-state index in [1.807, 2.05) is 61.5 Å². The smallest absolute Gasteiger partial charge is 0.191 e. The van der Waals surface area contributed by atoms with Crippen molar-refractivity contribution in [2.45, 2.75) is 19.4 Å². The van der Waals surface area contributed by atoms with Crippen molar-refractivity contribution in [2.75, 3.05) is 19.7 Å². The number of rotatable bonds is 7. The van der Waals surface area contributed by atoms with Crippen molar-refractivity contribution in [1.29, 1.82) is 0 Å². The molecule has 2 rings (SSSR count). The van der Waals surface area contributed by atoms with Crippen molar-refractivity contribution in [1.82, 2.24) is 10.6 Å². The van der Waals surface area contributed by atoms with E-state index in [9.17, 15) is 5.11 Å². The van der Waals surface area contributed by atoms with Gasteiger partial charge in [-0.15, -0.1) is 0 Å². The Morgan fingerprint density at radius 3 is 2.46 bits per heavy atom. The van der Waals surface area contributed by atoms with Crippen LogP contribution in [-0.2, 0) is 6.54 Å². The number of hydrogen-bond acceptors (Lipinski definition) is 2. The van der Waals surface area contributed by atoms with Crippen molar-refractivity contribution in [3.05, 3.63) is 70.7 Å². The van der Waals surface area contributed by atoms with Crippen LogP contribution >= 0.6 is 11.6 Å². The lowest BCUT2D eigenvalue weighted by Gasteiger charge is -2.18. The molecule has 1 atom stereocenters. The quantitative estimate of drug-likeness (QED) is 0.533. The van der Waals surface area contributed by atoms with Gasteiger partial charge in [-0.05, 0) is 24.1 Å². The van der Waals surface area contributed by atoms with Gasteiger partial charge >= 0.3 is 0 Å². The number of nitrogens with zero attached hydrogens (tertiary/aromatic N) is 1. The van der Waals surface area contributed by atoms with Gasteiger partial charge in [-0.2, -0.15) is 0 Å². The van der Waals surface area contributed by atoms with Crippen molar-refractivity contribution in [3.8, 4) is 0 Å². The second kappa shape index (κ2) is 9.96. The van der Waals surface area contributed by atoms with E-state index in [0.29, 0.717) is 19.0 Å². The van der Waals surface area contributed by atoms with Gasteiger partial charge in [0.2, 0.25) is 0 Å². The molecule has 0 radical (unpaired) electrons. The molecule has 5 heteroatoms. The van der Waals surface area contributed by atoms with Crippen LogP contribution in [0.15, 0.2) is 59.6 Å². The van der Waals surface area contributed by atoms with Gasteiger partial charge in [0.1, 0.15) is 0 Å². The summed E-state index contributed by atoms with van der Waals surface area (Å²) < 4.78 is 0. The number of nitrogens with one attached hydrogen (secondary N) is 2. The minimum Gasteiger partial charge on any atom is -0.396 e. The fraction of sp³-hybridized carbons (Fsp3) is 0.316. The predicted molar refractivity (Wildman–Crippen MR) is 101 cm³/mol. The maximum atomic E-state index is 9.65. The lowest BCUT2D eigenvalue weighted by molar-refractivity contribution is 0.265. The molecule has 0 aliphatic carbocycles. The number of hydrogen-bond donors (Lipinski definition) is 3. The van der Waals surface area contributed by atoms with Gasteiger partial charge in [-0.25, -0.2) is 4.99 Å². The van der Waals surface area contributed by atoms with Crippen molar-refractivity contribution >= 4 is 17.6 Å². The van der Waals surface area contributed by atoms with Crippen LogP contribution in [0.3, 0.4) is 0 Å². The maximum Gasteiger partial charge on any atom is 0.191 e. The Labute approximate surface area is 148 Å². The van der Waals surface area contributed by atoms with Gasteiger partial charge in [0.15, 0.2) is 5.96 Å². The summed E-state index contributed by atoms with van der Waals surface area (Å²) in [4.78, 5) is 4.57. The van der Waals surface area contributed by atoms with E-state index >= 15 is 0 Å². The third-order valence-electron chi connectivity index (χ3n) is 3.72. The Morgan fingerprint density at radius 1 is 1.08 bits per heavy atom. The first-order valence-electron chi connectivity index (χ1n) is 8.16. The van der Waals surface area contributed by atoms with Gasteiger partial charge in [-0.3, -0.25) is 0 Å². The minimum atomic E-state index is 0.0235. The number of halogens is 1. The Hall–Kier alpha value is -2.04. The number of aliphatic hydroxyl groups is 1. The van der Waals surface area contributed by atoms with Crippen molar-refractivity contribution in [2.24, 2.45) is 4.99 Å². The molecule has 3 N–H and O–H groups in total. The molecular weight excluding hydrogens is 322 g/mol. The van der Waals surface area contributed by atoms with Crippen LogP contribution in [0.1, 0.15) is 24.0 Å². The minimum absolute atomic E-state index is 0.0235. The Bertz CT molecular complexity index is 646. The fourth-order valence-corrected chi connectivity index (χ4v) is 2.56. The number of aliphatic imine (C=N–C) groups is 1. The van der Waals surface area contributed by atoms with Gasteiger partial charge in [0, 0.05) is 24.0 Å². The van der Waals surface area contributed by atoms with Crippen LogP contribution in [0.25, 0.3) is 0 Å². The molecule has 0 aromatic heterocycles. The zero-order valence-corrected chi connectivity index (χ0v) is 14.6. The highest BCUT2D eigenvalue weighted by molar-refractivity contribution is 6.31. The summed E-state index contributed by atoms with van der Waals surface area (Å²) in [6, 6.07) is 17.7. The third kappa shape index (κ3) is 5.55. The molecule has 0 aliphatic heterocycles. The Balaban J connectivity index is 2.00. The standard InChI is InChI=1S/C19H24ClN3O/c1-2-21-19(22-12-16-10-6-7-11-18(16)20)23-13-17(14-24)15-8-4-3-5-9-15/h3-11,17,24H,2,12-14H2,1H3,(H2,21,22,23). The largest absolute Gasteiger partial charge is 0.396 e. The van der Waals surface area contributed by atoms with E-state index in [2.05, 4.69) is 15.6 Å². The summed E-state index contributed by atoms with van der Waals surface area (Å²) in [6.07, 6.45) is 0. The molecule has 2 aromatic carbocycles. The summed E-state index contributed by atoms with van der Waals surface area (Å²) in [6.45, 7) is 3.98. The maximum absolute atomic E-state index is 9.65. The topological polar surface area (TPSA) is 56.7 Å². The van der Waals surface area contributed by atoms with Gasteiger partial charge in [0.05, 0.1) is 13.2 Å². The Kier molecular flexibility index (Phi) is 7.59. The van der Waals surface area contributed by atoms with Crippen LogP contribution in [0.2, 0.25) is 5.02 Å². The summed E-state index contributed by atoms with van der Waals surface area (Å²) in [5.74, 6) is 0.738. The average molecular weight is 346 g/mol. The summed E-state index contributed by atoms with van der Waals surface area (Å²) in [5, 5.41) is 16.9. The number of benzene rings is 2. The van der Waals surface area contributed by atoms with Crippen LogP contribution < -0.4 is 10.6 Å². The van der Waals surface area contributed by atoms with E-state index < -0.39 is 0 Å². The third-order valence-corrected chi connectivity index (χ3v) is 4.09. The first kappa shape index (κ1) is 18.3. The molecule has 128 valence electrons. The Morgan fingerprint density at radius 2 is 1.79 bits per heavy atom. The normalized spacial score (nSPS) is 12.7. The molecule has 1 unspecified atom stereocenters. The molecule has 0 amide bonds. The van der Waals surface area contributed by atoms with E-state index in [1.165, 1.54) is 0 Å². The van der Waals surface area contributed by atoms with Gasteiger partial charge in [0.25, 0.3) is 0 Å². The second-order valence-corrected chi connectivity index (χ2v) is 5.86. The van der Waals surface area contributed by atoms with Crippen molar-refractivity contribution in [3.63, 3.8) is 0 Å². The lowest BCUT2D eigenvalue weighted by Crippen LogP contribution is -2.39. The van der Waals surface area contributed by atoms with E-state index in [0.717, 1.165) is 22.7 Å². The predicted octanol–water partition coefficient (Wildman–Crippen LogP) is 3.17. The SMILES string of the molecule is CCNC(=NCc1ccccc1Cl)NCC(CO)c1ccccc1. The number of aliphatic hydroxyl groups excluding tert-OH is 1. The molecule has 2 aromatic rings. The monoisotopic (exact) mass is 345 g/mol. The summed E-state index contributed by atoms with van der Waals surface area (Å²) in [7, 11) is 0. The summed E-state index contributed by atoms with van der Waals surface area (Å²) >= 11 is 6.17. The molecule has 24 heavy (non-hydrogen) atoms. The lowest BCUT2D eigenvalue weighted by atomic mass is 10.0. The molecule has 0 heterocycles. The number of guanidine groups is 1. The van der Waals surface area contributed by atoms with Crippen LogP contribution in [0, 0.1) is 0 Å². The molecule has 0 saturated carbocycles. The molecule has 4 nitrogen and oxygen atoms in total. The molecule has 0 saturated heterocycles. The first-order valence-corrected chi connectivity index (χ1v) is 8.53. The zero-order chi connectivity index (χ0) is 17.2. The van der Waals surface area contributed by atoms with Gasteiger partial charge in [-0.1, -0.05) is 60.1 Å². The van der Waals surface area contributed by atoms with Crippen molar-refractivity contribution < 1.29 is 5.11 Å². The van der Waals surface area contributed by atoms with E-state index in [1.54, 1.807) is 0 Å². The zero-order valence-electron chi connectivity index (χ0n) is 13.9. The van der Waals surface area contributed by atoms with E-state index in [-0.39, 0.29) is 12.5 Å². The fourth-order valence-electron chi connectivity index (χ4n) is 2.37.